The molecule has 1 heterocycles. The summed E-state index contributed by atoms with van der Waals surface area (Å²) in [5.41, 5.74) is 5.07. The number of aliphatic carboxylic acids is 1. The number of nitrogens with zero attached hydrogens (tertiary/aromatic N) is 2. The van der Waals surface area contributed by atoms with Crippen LogP contribution in [0.4, 0.5) is 5.82 Å². The molecule has 1 aliphatic rings. The molecule has 1 unspecified atom stereocenters. The lowest BCUT2D eigenvalue weighted by molar-refractivity contribution is -0.138. The van der Waals surface area contributed by atoms with E-state index in [-0.39, 0.29) is 11.6 Å². The minimum absolute atomic E-state index is 0.0499. The van der Waals surface area contributed by atoms with Gasteiger partial charge in [-0.2, -0.15) is 0 Å². The van der Waals surface area contributed by atoms with E-state index < -0.39 is 17.9 Å². The molecule has 17 heavy (non-hydrogen) atoms. The minimum Gasteiger partial charge on any atom is -0.480 e. The Morgan fingerprint density at radius 2 is 2.12 bits per heavy atom. The third-order valence-electron chi connectivity index (χ3n) is 2.58. The second kappa shape index (κ2) is 4.36. The molecule has 0 spiro atoms. The molecule has 7 heteroatoms. The van der Waals surface area contributed by atoms with Crippen molar-refractivity contribution < 1.29 is 14.7 Å². The van der Waals surface area contributed by atoms with E-state index >= 15 is 0 Å². The topological polar surface area (TPSA) is 118 Å². The Kier molecular flexibility index (Phi) is 2.90. The van der Waals surface area contributed by atoms with E-state index in [1.807, 2.05) is 0 Å². The van der Waals surface area contributed by atoms with Crippen molar-refractivity contribution in [2.45, 2.75) is 18.9 Å². The molecule has 7 nitrogen and oxygen atoms in total. The Bertz CT molecular complexity index is 441. The number of aromatic nitrogens is 2. The summed E-state index contributed by atoms with van der Waals surface area (Å²) in [5.74, 6) is -1.10. The zero-order chi connectivity index (χ0) is 12.4. The normalized spacial score (nSPS) is 16.2. The van der Waals surface area contributed by atoms with Crippen molar-refractivity contribution in [3.05, 3.63) is 17.8 Å². The second-order valence-electron chi connectivity index (χ2n) is 3.97. The molecule has 0 aliphatic heterocycles. The number of hydrogen-bond donors (Lipinski definition) is 3. The number of hydrogen-bond acceptors (Lipinski definition) is 5. The van der Waals surface area contributed by atoms with E-state index in [9.17, 15) is 9.59 Å². The van der Waals surface area contributed by atoms with Gasteiger partial charge in [0, 0.05) is 0 Å². The molecule has 1 fully saturated rings. The number of primary amides is 1. The van der Waals surface area contributed by atoms with Crippen LogP contribution in [0, 0.1) is 5.92 Å². The molecule has 1 amide bonds. The molecule has 90 valence electrons. The molecule has 4 N–H and O–H groups in total. The zero-order valence-corrected chi connectivity index (χ0v) is 8.96. The average Bonchev–Trinajstić information content (AvgIpc) is 3.10. The standard InChI is InChI=1S/C10H12N4O3/c11-9(15)6-3-4-7(14-13-6)12-8(10(16)17)5-1-2-5/h3-5,8H,1-2H2,(H2,11,15)(H,12,14)(H,16,17). The molecular weight excluding hydrogens is 224 g/mol. The molecule has 0 radical (unpaired) electrons. The first-order chi connectivity index (χ1) is 8.08. The summed E-state index contributed by atoms with van der Waals surface area (Å²) in [6.07, 6.45) is 1.80. The largest absolute Gasteiger partial charge is 0.480 e. The lowest BCUT2D eigenvalue weighted by atomic mass is 10.2. The molecule has 0 saturated heterocycles. The maximum Gasteiger partial charge on any atom is 0.326 e. The van der Waals surface area contributed by atoms with Gasteiger partial charge in [0.15, 0.2) is 5.69 Å². The van der Waals surface area contributed by atoms with Crippen LogP contribution < -0.4 is 11.1 Å². The van der Waals surface area contributed by atoms with Crippen molar-refractivity contribution in [1.29, 1.82) is 0 Å². The molecular formula is C10H12N4O3. The first-order valence-corrected chi connectivity index (χ1v) is 5.21. The fourth-order valence-corrected chi connectivity index (χ4v) is 1.51. The van der Waals surface area contributed by atoms with Gasteiger partial charge in [0.1, 0.15) is 11.9 Å². The van der Waals surface area contributed by atoms with Crippen LogP contribution in [0.15, 0.2) is 12.1 Å². The second-order valence-corrected chi connectivity index (χ2v) is 3.97. The maximum atomic E-state index is 11.0. The van der Waals surface area contributed by atoms with Crippen molar-refractivity contribution in [1.82, 2.24) is 10.2 Å². The van der Waals surface area contributed by atoms with Crippen molar-refractivity contribution >= 4 is 17.7 Å². The maximum absolute atomic E-state index is 11.0. The van der Waals surface area contributed by atoms with Gasteiger partial charge in [-0.25, -0.2) is 4.79 Å². The number of amides is 1. The van der Waals surface area contributed by atoms with Gasteiger partial charge < -0.3 is 16.2 Å². The summed E-state index contributed by atoms with van der Waals surface area (Å²) in [4.78, 5) is 21.7. The van der Waals surface area contributed by atoms with Crippen molar-refractivity contribution in [2.75, 3.05) is 5.32 Å². The van der Waals surface area contributed by atoms with Crippen LogP contribution >= 0.6 is 0 Å². The smallest absolute Gasteiger partial charge is 0.326 e. The Balaban J connectivity index is 2.07. The fraction of sp³-hybridized carbons (Fsp3) is 0.400. The van der Waals surface area contributed by atoms with Crippen LogP contribution in [0.5, 0.6) is 0 Å². The summed E-state index contributed by atoms with van der Waals surface area (Å²) in [6, 6.07) is 2.25. The van der Waals surface area contributed by atoms with E-state index in [4.69, 9.17) is 10.8 Å². The van der Waals surface area contributed by atoms with Crippen LogP contribution in [-0.2, 0) is 4.79 Å². The third-order valence-corrected chi connectivity index (χ3v) is 2.58. The predicted molar refractivity (Wildman–Crippen MR) is 58.3 cm³/mol. The number of nitrogens with one attached hydrogen (secondary N) is 1. The summed E-state index contributed by atoms with van der Waals surface area (Å²) in [7, 11) is 0. The van der Waals surface area contributed by atoms with Gasteiger partial charge in [0.05, 0.1) is 0 Å². The summed E-state index contributed by atoms with van der Waals surface area (Å²) >= 11 is 0. The number of anilines is 1. The third kappa shape index (κ3) is 2.68. The van der Waals surface area contributed by atoms with E-state index in [2.05, 4.69) is 15.5 Å². The fourth-order valence-electron chi connectivity index (χ4n) is 1.51. The quantitative estimate of drug-likeness (QED) is 0.654. The summed E-state index contributed by atoms with van der Waals surface area (Å²) in [5, 5.41) is 19.1. The number of carbonyl (C=O) groups excluding carboxylic acids is 1. The minimum atomic E-state index is -0.909. The Morgan fingerprint density at radius 3 is 2.53 bits per heavy atom. The van der Waals surface area contributed by atoms with Crippen LogP contribution in [0.25, 0.3) is 0 Å². The summed E-state index contributed by atoms with van der Waals surface area (Å²) in [6.45, 7) is 0. The molecule has 1 atom stereocenters. The van der Waals surface area contributed by atoms with Crippen LogP contribution in [0.3, 0.4) is 0 Å². The highest BCUT2D eigenvalue weighted by Gasteiger charge is 2.36. The van der Waals surface area contributed by atoms with E-state index in [1.165, 1.54) is 12.1 Å². The highest BCUT2D eigenvalue weighted by atomic mass is 16.4. The van der Waals surface area contributed by atoms with Crippen LogP contribution in [-0.4, -0.2) is 33.2 Å². The number of carbonyl (C=O) groups is 2. The molecule has 1 aliphatic carbocycles. The highest BCUT2D eigenvalue weighted by molar-refractivity contribution is 5.90. The molecule has 1 saturated carbocycles. The van der Waals surface area contributed by atoms with Gasteiger partial charge in [-0.05, 0) is 30.9 Å². The lowest BCUT2D eigenvalue weighted by Gasteiger charge is -2.13. The number of nitrogens with two attached hydrogens (primary N) is 1. The lowest BCUT2D eigenvalue weighted by Crippen LogP contribution is -2.31. The Morgan fingerprint density at radius 1 is 1.41 bits per heavy atom. The van der Waals surface area contributed by atoms with E-state index in [0.29, 0.717) is 5.82 Å². The zero-order valence-electron chi connectivity index (χ0n) is 8.96. The van der Waals surface area contributed by atoms with Gasteiger partial charge in [0.25, 0.3) is 5.91 Å². The van der Waals surface area contributed by atoms with Crippen LogP contribution in [0.2, 0.25) is 0 Å². The molecule has 0 bridgehead atoms. The molecule has 1 aromatic rings. The highest BCUT2D eigenvalue weighted by Crippen LogP contribution is 2.34. The number of rotatable bonds is 5. The van der Waals surface area contributed by atoms with Gasteiger partial charge in [0.2, 0.25) is 0 Å². The first kappa shape index (κ1) is 11.3. The average molecular weight is 236 g/mol. The monoisotopic (exact) mass is 236 g/mol. The Hall–Kier alpha value is -2.18. The summed E-state index contributed by atoms with van der Waals surface area (Å²) < 4.78 is 0. The van der Waals surface area contributed by atoms with Crippen molar-refractivity contribution in [3.63, 3.8) is 0 Å². The van der Waals surface area contributed by atoms with E-state index in [1.54, 1.807) is 0 Å². The molecule has 0 aromatic carbocycles. The van der Waals surface area contributed by atoms with E-state index in [0.717, 1.165) is 12.8 Å². The predicted octanol–water partition coefficient (Wildman–Crippen LogP) is -0.149. The van der Waals surface area contributed by atoms with Crippen molar-refractivity contribution in [3.8, 4) is 0 Å². The van der Waals surface area contributed by atoms with Crippen molar-refractivity contribution in [2.24, 2.45) is 11.7 Å². The first-order valence-electron chi connectivity index (χ1n) is 5.21. The van der Waals surface area contributed by atoms with Gasteiger partial charge in [-0.3, -0.25) is 4.79 Å². The van der Waals surface area contributed by atoms with Crippen LogP contribution in [0.1, 0.15) is 23.3 Å². The SMILES string of the molecule is NC(=O)c1ccc(NC(C(=O)O)C2CC2)nn1. The molecule has 2 rings (SSSR count). The number of carboxylic acid groups (broad SMARTS) is 1. The van der Waals surface area contributed by atoms with Gasteiger partial charge >= 0.3 is 5.97 Å². The number of carboxylic acids is 1. The van der Waals surface area contributed by atoms with Gasteiger partial charge in [-0.15, -0.1) is 10.2 Å². The molecule has 1 aromatic heterocycles. The Labute approximate surface area is 97.0 Å². The van der Waals surface area contributed by atoms with Gasteiger partial charge in [-0.1, -0.05) is 0 Å².